The van der Waals surface area contributed by atoms with Crippen molar-refractivity contribution in [3.05, 3.63) is 52.5 Å². The fourth-order valence-electron chi connectivity index (χ4n) is 2.18. The Morgan fingerprint density at radius 2 is 1.96 bits per heavy atom. The van der Waals surface area contributed by atoms with E-state index in [0.29, 0.717) is 0 Å². The van der Waals surface area contributed by atoms with Crippen molar-refractivity contribution < 1.29 is 32.2 Å². The van der Waals surface area contributed by atoms with Gasteiger partial charge in [-0.2, -0.15) is 14.0 Å². The third-order valence-electron chi connectivity index (χ3n) is 3.66. The molecule has 0 saturated carbocycles. The van der Waals surface area contributed by atoms with Crippen LogP contribution in [0.2, 0.25) is 5.02 Å². The van der Waals surface area contributed by atoms with E-state index >= 15 is 0 Å². The first-order valence-corrected chi connectivity index (χ1v) is 8.30. The number of rotatable bonds is 7. The lowest BCUT2D eigenvalue weighted by Gasteiger charge is -2.16. The van der Waals surface area contributed by atoms with Gasteiger partial charge in [0.1, 0.15) is 23.3 Å². The Labute approximate surface area is 164 Å². The minimum atomic E-state index is -3.65. The summed E-state index contributed by atoms with van der Waals surface area (Å²) in [4.78, 5) is 11.5. The minimum absolute atomic E-state index is 0.0387. The maximum atomic E-state index is 13.4. The van der Waals surface area contributed by atoms with E-state index in [0.717, 1.165) is 12.1 Å². The lowest BCUT2D eigenvalue weighted by Crippen LogP contribution is -2.25. The minimum Gasteiger partial charge on any atom is -0.477 e. The normalized spacial score (nSPS) is 12.0. The van der Waals surface area contributed by atoms with E-state index in [1.54, 1.807) is 0 Å². The Kier molecular flexibility index (Phi) is 6.75. The van der Waals surface area contributed by atoms with Gasteiger partial charge in [-0.05, 0) is 37.3 Å². The Morgan fingerprint density at radius 1 is 1.25 bits per heavy atom. The molecule has 2 rings (SSSR count). The lowest BCUT2D eigenvalue weighted by atomic mass is 10.1. The van der Waals surface area contributed by atoms with E-state index in [-0.39, 0.29) is 27.8 Å². The third kappa shape index (κ3) is 4.87. The number of alkyl halides is 3. The standard InChI is InChI=1S/C19H15ClF3NO4/c1-11(18(25)26-2)27-17-8-14(5-3-12(17)9-24)28-16-6-4-13(7-15(16)20)19(22,23)10-21/h3-8,11H,10H2,1-2H3. The molecule has 0 bridgehead atoms. The zero-order valence-electron chi connectivity index (χ0n) is 14.8. The van der Waals surface area contributed by atoms with Crippen LogP contribution in [0.15, 0.2) is 36.4 Å². The van der Waals surface area contributed by atoms with Gasteiger partial charge >= 0.3 is 11.9 Å². The summed E-state index contributed by atoms with van der Waals surface area (Å²) in [5.41, 5.74) is -0.435. The second kappa shape index (κ2) is 8.85. The zero-order valence-corrected chi connectivity index (χ0v) is 15.6. The summed E-state index contributed by atoms with van der Waals surface area (Å²) in [5.74, 6) is -4.01. The van der Waals surface area contributed by atoms with Gasteiger partial charge in [-0.3, -0.25) is 0 Å². The summed E-state index contributed by atoms with van der Waals surface area (Å²) in [6.45, 7) is -0.403. The molecule has 148 valence electrons. The van der Waals surface area contributed by atoms with Crippen LogP contribution < -0.4 is 9.47 Å². The van der Waals surface area contributed by atoms with Crippen molar-refractivity contribution >= 4 is 17.6 Å². The average Bonchev–Trinajstić information content (AvgIpc) is 2.68. The van der Waals surface area contributed by atoms with E-state index in [2.05, 4.69) is 4.74 Å². The molecular formula is C19H15ClF3NO4. The number of carbonyl (C=O) groups excluding carboxylic acids is 1. The van der Waals surface area contributed by atoms with Crippen molar-refractivity contribution in [2.75, 3.05) is 13.8 Å². The lowest BCUT2D eigenvalue weighted by molar-refractivity contribution is -0.147. The SMILES string of the molecule is COC(=O)C(C)Oc1cc(Oc2ccc(C(F)(F)CF)cc2Cl)ccc1C#N. The highest BCUT2D eigenvalue weighted by molar-refractivity contribution is 6.32. The molecular weight excluding hydrogens is 399 g/mol. The van der Waals surface area contributed by atoms with Crippen LogP contribution in [-0.4, -0.2) is 25.9 Å². The Bertz CT molecular complexity index is 915. The predicted molar refractivity (Wildman–Crippen MR) is 94.7 cm³/mol. The molecule has 0 aliphatic rings. The molecule has 2 aromatic carbocycles. The highest BCUT2D eigenvalue weighted by Crippen LogP contribution is 2.37. The van der Waals surface area contributed by atoms with Crippen LogP contribution in [0, 0.1) is 11.3 Å². The van der Waals surface area contributed by atoms with Gasteiger partial charge < -0.3 is 14.2 Å². The third-order valence-corrected chi connectivity index (χ3v) is 3.96. The molecule has 2 aromatic rings. The fraction of sp³-hybridized carbons (Fsp3) is 0.263. The maximum Gasteiger partial charge on any atom is 0.346 e. The van der Waals surface area contributed by atoms with Crippen molar-refractivity contribution in [2.24, 2.45) is 0 Å². The number of esters is 1. The molecule has 0 heterocycles. The van der Waals surface area contributed by atoms with Crippen LogP contribution in [0.5, 0.6) is 17.2 Å². The van der Waals surface area contributed by atoms with Gasteiger partial charge in [0.15, 0.2) is 12.8 Å². The van der Waals surface area contributed by atoms with Crippen LogP contribution >= 0.6 is 11.6 Å². The van der Waals surface area contributed by atoms with Gasteiger partial charge in [-0.1, -0.05) is 11.6 Å². The Hall–Kier alpha value is -2.92. The van der Waals surface area contributed by atoms with Gasteiger partial charge in [0, 0.05) is 11.6 Å². The second-order valence-electron chi connectivity index (χ2n) is 5.64. The van der Waals surface area contributed by atoms with Crippen molar-refractivity contribution in [1.29, 1.82) is 5.26 Å². The highest BCUT2D eigenvalue weighted by Gasteiger charge is 2.32. The number of nitriles is 1. The molecule has 0 radical (unpaired) electrons. The van der Waals surface area contributed by atoms with Crippen LogP contribution in [0.25, 0.3) is 0 Å². The molecule has 9 heteroatoms. The van der Waals surface area contributed by atoms with Gasteiger partial charge in [-0.15, -0.1) is 0 Å². The topological polar surface area (TPSA) is 68.6 Å². The average molecular weight is 414 g/mol. The molecule has 5 nitrogen and oxygen atoms in total. The van der Waals surface area contributed by atoms with Gasteiger partial charge in [0.05, 0.1) is 17.7 Å². The molecule has 0 amide bonds. The molecule has 1 unspecified atom stereocenters. The number of ether oxygens (including phenoxy) is 3. The number of carbonyl (C=O) groups is 1. The number of nitrogens with zero attached hydrogens (tertiary/aromatic N) is 1. The Morgan fingerprint density at radius 3 is 2.54 bits per heavy atom. The summed E-state index contributed by atoms with van der Waals surface area (Å²) in [6.07, 6.45) is -0.974. The summed E-state index contributed by atoms with van der Waals surface area (Å²) >= 11 is 5.96. The van der Waals surface area contributed by atoms with E-state index in [9.17, 15) is 23.2 Å². The number of halogens is 4. The van der Waals surface area contributed by atoms with Crippen molar-refractivity contribution in [1.82, 2.24) is 0 Å². The quantitative estimate of drug-likeness (QED) is 0.597. The van der Waals surface area contributed by atoms with Crippen LogP contribution in [-0.2, 0) is 15.5 Å². The smallest absolute Gasteiger partial charge is 0.346 e. The molecule has 0 saturated heterocycles. The predicted octanol–water partition coefficient (Wildman–Crippen LogP) is 5.01. The molecule has 0 N–H and O–H groups in total. The zero-order chi connectivity index (χ0) is 20.9. The van der Waals surface area contributed by atoms with Crippen molar-refractivity contribution in [2.45, 2.75) is 19.0 Å². The first-order valence-electron chi connectivity index (χ1n) is 7.92. The fourth-order valence-corrected chi connectivity index (χ4v) is 2.39. The van der Waals surface area contributed by atoms with E-state index < -0.39 is 30.2 Å². The highest BCUT2D eigenvalue weighted by atomic mass is 35.5. The maximum absolute atomic E-state index is 13.4. The first kappa shape index (κ1) is 21.4. The Balaban J connectivity index is 2.28. The van der Waals surface area contributed by atoms with Crippen LogP contribution in [0.4, 0.5) is 13.2 Å². The molecule has 1 atom stereocenters. The number of hydrogen-bond donors (Lipinski definition) is 0. The molecule has 0 fully saturated rings. The molecule has 0 spiro atoms. The van der Waals surface area contributed by atoms with Crippen LogP contribution in [0.3, 0.4) is 0 Å². The van der Waals surface area contributed by atoms with E-state index in [1.807, 2.05) is 6.07 Å². The first-order chi connectivity index (χ1) is 13.2. The van der Waals surface area contributed by atoms with Gasteiger partial charge in [0.2, 0.25) is 0 Å². The van der Waals surface area contributed by atoms with Crippen molar-refractivity contribution in [3.63, 3.8) is 0 Å². The summed E-state index contributed by atoms with van der Waals surface area (Å²) in [7, 11) is 1.20. The molecule has 0 aliphatic carbocycles. The summed E-state index contributed by atoms with van der Waals surface area (Å²) < 4.78 is 54.8. The summed E-state index contributed by atoms with van der Waals surface area (Å²) in [6, 6.07) is 9.19. The molecule has 0 aromatic heterocycles. The van der Waals surface area contributed by atoms with Gasteiger partial charge in [-0.25, -0.2) is 9.18 Å². The molecule has 0 aliphatic heterocycles. The van der Waals surface area contributed by atoms with Crippen molar-refractivity contribution in [3.8, 4) is 23.3 Å². The summed E-state index contributed by atoms with van der Waals surface area (Å²) in [5, 5.41) is 9.02. The van der Waals surface area contributed by atoms with E-state index in [4.69, 9.17) is 21.1 Å². The number of methoxy groups -OCH3 is 1. The monoisotopic (exact) mass is 413 g/mol. The van der Waals surface area contributed by atoms with Crippen LogP contribution in [0.1, 0.15) is 18.1 Å². The number of hydrogen-bond acceptors (Lipinski definition) is 5. The molecule has 28 heavy (non-hydrogen) atoms. The largest absolute Gasteiger partial charge is 0.477 e. The number of benzene rings is 2. The van der Waals surface area contributed by atoms with E-state index in [1.165, 1.54) is 38.3 Å². The van der Waals surface area contributed by atoms with Gasteiger partial charge in [0.25, 0.3) is 0 Å². The second-order valence-corrected chi connectivity index (χ2v) is 6.05.